The molecule has 2 aromatic rings. The maximum Gasteiger partial charge on any atom is 0.152 e. The maximum absolute atomic E-state index is 11.6. The number of carbonyl (C=O) groups is 1. The number of ketones is 1. The molecular formula is C16H19NO. The van der Waals surface area contributed by atoms with Crippen LogP contribution < -0.4 is 0 Å². The molecule has 0 unspecified atom stereocenters. The highest BCUT2D eigenvalue weighted by atomic mass is 16.1. The van der Waals surface area contributed by atoms with Crippen LogP contribution in [-0.2, 0) is 23.2 Å². The van der Waals surface area contributed by atoms with Gasteiger partial charge in [0, 0.05) is 23.0 Å². The Balaban J connectivity index is 2.29. The maximum atomic E-state index is 11.6. The molecule has 3 rings (SSSR count). The van der Waals surface area contributed by atoms with Crippen molar-refractivity contribution >= 4 is 16.7 Å². The van der Waals surface area contributed by atoms with Crippen LogP contribution in [0.1, 0.15) is 38.4 Å². The summed E-state index contributed by atoms with van der Waals surface area (Å²) < 4.78 is 2.19. The molecule has 2 nitrogen and oxygen atoms in total. The number of Topliss-reactive ketones (excluding diaryl/α,β-unsaturated/α-hetero) is 1. The Morgan fingerprint density at radius 3 is 2.67 bits per heavy atom. The molecule has 0 bridgehead atoms. The summed E-state index contributed by atoms with van der Waals surface area (Å²) >= 11 is 0. The van der Waals surface area contributed by atoms with Crippen LogP contribution in [0.5, 0.6) is 0 Å². The van der Waals surface area contributed by atoms with Gasteiger partial charge < -0.3 is 4.57 Å². The molecule has 0 spiro atoms. The predicted molar refractivity (Wildman–Crippen MR) is 74.0 cm³/mol. The van der Waals surface area contributed by atoms with Crippen molar-refractivity contribution in [3.05, 3.63) is 35.5 Å². The minimum atomic E-state index is 0.140. The van der Waals surface area contributed by atoms with Gasteiger partial charge in [-0.3, -0.25) is 4.79 Å². The van der Waals surface area contributed by atoms with E-state index in [0.717, 1.165) is 6.42 Å². The minimum absolute atomic E-state index is 0.140. The van der Waals surface area contributed by atoms with Crippen molar-refractivity contribution in [1.82, 2.24) is 4.57 Å². The molecular weight excluding hydrogens is 222 g/mol. The third-order valence-corrected chi connectivity index (χ3v) is 3.83. The van der Waals surface area contributed by atoms with Crippen LogP contribution in [0.4, 0.5) is 0 Å². The molecule has 1 aromatic heterocycles. The fourth-order valence-electron chi connectivity index (χ4n) is 2.91. The molecule has 0 aliphatic carbocycles. The SMILES string of the molecule is CC(C)(C)c1cccc2c1cc1n2CC(=O)CC1. The highest BCUT2D eigenvalue weighted by molar-refractivity contribution is 5.89. The number of carbonyl (C=O) groups excluding carboxylic acids is 1. The van der Waals surface area contributed by atoms with Gasteiger partial charge in [0.15, 0.2) is 5.78 Å². The van der Waals surface area contributed by atoms with Crippen LogP contribution in [0.2, 0.25) is 0 Å². The fraction of sp³-hybridized carbons (Fsp3) is 0.438. The largest absolute Gasteiger partial charge is 0.337 e. The van der Waals surface area contributed by atoms with E-state index in [4.69, 9.17) is 0 Å². The summed E-state index contributed by atoms with van der Waals surface area (Å²) in [6, 6.07) is 8.72. The number of hydrogen-bond acceptors (Lipinski definition) is 1. The Kier molecular flexibility index (Phi) is 2.37. The van der Waals surface area contributed by atoms with Gasteiger partial charge in [0.25, 0.3) is 0 Å². The van der Waals surface area contributed by atoms with Gasteiger partial charge in [0.1, 0.15) is 0 Å². The molecule has 0 atom stereocenters. The molecule has 2 heterocycles. The fourth-order valence-corrected chi connectivity index (χ4v) is 2.91. The summed E-state index contributed by atoms with van der Waals surface area (Å²) in [5.74, 6) is 0.348. The highest BCUT2D eigenvalue weighted by Gasteiger charge is 2.22. The Labute approximate surface area is 108 Å². The normalized spacial score (nSPS) is 16.1. The lowest BCUT2D eigenvalue weighted by Crippen LogP contribution is -2.18. The molecule has 1 aliphatic rings. The van der Waals surface area contributed by atoms with E-state index in [1.54, 1.807) is 0 Å². The van der Waals surface area contributed by atoms with E-state index in [2.05, 4.69) is 49.6 Å². The second-order valence-electron chi connectivity index (χ2n) is 6.25. The van der Waals surface area contributed by atoms with Crippen LogP contribution in [0.3, 0.4) is 0 Å². The lowest BCUT2D eigenvalue weighted by molar-refractivity contribution is -0.120. The first-order chi connectivity index (χ1) is 8.47. The topological polar surface area (TPSA) is 22.0 Å². The predicted octanol–water partition coefficient (Wildman–Crippen LogP) is 3.45. The van der Waals surface area contributed by atoms with Gasteiger partial charge in [0.05, 0.1) is 6.54 Å². The van der Waals surface area contributed by atoms with Crippen LogP contribution in [0, 0.1) is 0 Å². The van der Waals surface area contributed by atoms with E-state index in [1.807, 2.05) is 0 Å². The molecule has 1 aromatic carbocycles. The highest BCUT2D eigenvalue weighted by Crippen LogP contribution is 2.33. The first-order valence-electron chi connectivity index (χ1n) is 6.60. The Morgan fingerprint density at radius 2 is 1.94 bits per heavy atom. The number of aryl methyl sites for hydroxylation is 1. The van der Waals surface area contributed by atoms with Crippen molar-refractivity contribution in [1.29, 1.82) is 0 Å². The van der Waals surface area contributed by atoms with Crippen molar-refractivity contribution in [2.24, 2.45) is 0 Å². The Bertz CT molecular complexity index is 628. The van der Waals surface area contributed by atoms with Gasteiger partial charge in [-0.1, -0.05) is 32.9 Å². The molecule has 0 fully saturated rings. The zero-order valence-electron chi connectivity index (χ0n) is 11.3. The van der Waals surface area contributed by atoms with E-state index >= 15 is 0 Å². The second-order valence-corrected chi connectivity index (χ2v) is 6.25. The third kappa shape index (κ3) is 1.67. The standard InChI is InChI=1S/C16H19NO/c1-16(2,3)14-5-4-6-15-13(14)9-11-7-8-12(18)10-17(11)15/h4-6,9H,7-8,10H2,1-3H3. The number of aromatic nitrogens is 1. The molecule has 0 saturated heterocycles. The number of hydrogen-bond donors (Lipinski definition) is 0. The zero-order chi connectivity index (χ0) is 12.9. The number of benzene rings is 1. The summed E-state index contributed by atoms with van der Waals surface area (Å²) in [5, 5.41) is 1.31. The molecule has 94 valence electrons. The molecule has 18 heavy (non-hydrogen) atoms. The number of fused-ring (bicyclic) bond motifs is 3. The van der Waals surface area contributed by atoms with Crippen molar-refractivity contribution in [3.63, 3.8) is 0 Å². The Morgan fingerprint density at radius 1 is 1.17 bits per heavy atom. The summed E-state index contributed by atoms with van der Waals surface area (Å²) in [5.41, 5.74) is 4.03. The average Bonchev–Trinajstić information content (AvgIpc) is 2.65. The second kappa shape index (κ2) is 3.71. The molecule has 0 radical (unpaired) electrons. The summed E-state index contributed by atoms with van der Waals surface area (Å²) in [6.07, 6.45) is 1.58. The van der Waals surface area contributed by atoms with Crippen molar-refractivity contribution in [3.8, 4) is 0 Å². The van der Waals surface area contributed by atoms with Crippen molar-refractivity contribution < 1.29 is 4.79 Å². The van der Waals surface area contributed by atoms with E-state index in [-0.39, 0.29) is 5.41 Å². The third-order valence-electron chi connectivity index (χ3n) is 3.83. The van der Waals surface area contributed by atoms with Gasteiger partial charge in [-0.25, -0.2) is 0 Å². The van der Waals surface area contributed by atoms with Gasteiger partial charge in [-0.15, -0.1) is 0 Å². The van der Waals surface area contributed by atoms with Crippen molar-refractivity contribution in [2.45, 2.75) is 45.6 Å². The molecule has 0 saturated carbocycles. The summed E-state index contributed by atoms with van der Waals surface area (Å²) in [4.78, 5) is 11.6. The Hall–Kier alpha value is -1.57. The van der Waals surface area contributed by atoms with E-state index < -0.39 is 0 Å². The number of nitrogens with zero attached hydrogens (tertiary/aromatic N) is 1. The van der Waals surface area contributed by atoms with Gasteiger partial charge in [0.2, 0.25) is 0 Å². The first-order valence-corrected chi connectivity index (χ1v) is 6.60. The van der Waals surface area contributed by atoms with Crippen LogP contribution in [-0.4, -0.2) is 10.4 Å². The summed E-state index contributed by atoms with van der Waals surface area (Å²) in [6.45, 7) is 7.27. The van der Waals surface area contributed by atoms with E-state index in [0.29, 0.717) is 18.7 Å². The molecule has 2 heteroatoms. The lowest BCUT2D eigenvalue weighted by atomic mass is 9.85. The van der Waals surface area contributed by atoms with Gasteiger partial charge in [-0.2, -0.15) is 0 Å². The smallest absolute Gasteiger partial charge is 0.152 e. The molecule has 0 N–H and O–H groups in total. The van der Waals surface area contributed by atoms with Crippen LogP contribution in [0.25, 0.3) is 10.9 Å². The van der Waals surface area contributed by atoms with Gasteiger partial charge in [-0.05, 0) is 29.5 Å². The monoisotopic (exact) mass is 241 g/mol. The van der Waals surface area contributed by atoms with Gasteiger partial charge >= 0.3 is 0 Å². The van der Waals surface area contributed by atoms with E-state index in [1.165, 1.54) is 22.2 Å². The minimum Gasteiger partial charge on any atom is -0.337 e. The van der Waals surface area contributed by atoms with Crippen molar-refractivity contribution in [2.75, 3.05) is 0 Å². The quantitative estimate of drug-likeness (QED) is 0.692. The van der Waals surface area contributed by atoms with Crippen LogP contribution >= 0.6 is 0 Å². The van der Waals surface area contributed by atoms with E-state index in [9.17, 15) is 4.79 Å². The number of rotatable bonds is 0. The van der Waals surface area contributed by atoms with Crippen LogP contribution in [0.15, 0.2) is 24.3 Å². The first kappa shape index (κ1) is 11.5. The lowest BCUT2D eigenvalue weighted by Gasteiger charge is -2.20. The zero-order valence-corrected chi connectivity index (χ0v) is 11.3. The summed E-state index contributed by atoms with van der Waals surface area (Å²) in [7, 11) is 0. The average molecular weight is 241 g/mol. The molecule has 1 aliphatic heterocycles. The molecule has 0 amide bonds.